The molecule has 0 spiro atoms. The Hall–Kier alpha value is -0.0900. The maximum absolute atomic E-state index is 10.1. The summed E-state index contributed by atoms with van der Waals surface area (Å²) < 4.78 is 28.5. The molecule has 3 nitrogen and oxygen atoms in total. The summed E-state index contributed by atoms with van der Waals surface area (Å²) in [4.78, 5) is 0. The smallest absolute Gasteiger partial charge is 0.264 e. The second-order valence-corrected chi connectivity index (χ2v) is 3.72. The third kappa shape index (κ3) is 7.91. The van der Waals surface area contributed by atoms with Gasteiger partial charge in [0.1, 0.15) is 0 Å². The molecule has 1 radical (unpaired) electrons. The fourth-order valence-corrected chi connectivity index (χ4v) is 1.05. The molecule has 0 aromatic rings. The largest absolute Gasteiger partial charge is 0.286 e. The zero-order valence-electron chi connectivity index (χ0n) is 6.08. The van der Waals surface area contributed by atoms with Gasteiger partial charge in [-0.3, -0.25) is 4.55 Å². The Morgan fingerprint density at radius 1 is 1.40 bits per heavy atom. The van der Waals surface area contributed by atoms with Gasteiger partial charge in [0.05, 0.1) is 5.75 Å². The molecule has 1 N–H and O–H groups in total. The first-order valence-electron chi connectivity index (χ1n) is 3.33. The molecule has 0 unspecified atom stereocenters. The number of hydrogen-bond donors (Lipinski definition) is 1. The fourth-order valence-electron chi connectivity index (χ4n) is 0.581. The Labute approximate surface area is 62.2 Å². The van der Waals surface area contributed by atoms with Crippen LogP contribution in [-0.4, -0.2) is 18.7 Å². The van der Waals surface area contributed by atoms with Crippen molar-refractivity contribution >= 4 is 10.1 Å². The van der Waals surface area contributed by atoms with Crippen LogP contribution in [0.3, 0.4) is 0 Å². The van der Waals surface area contributed by atoms with Crippen LogP contribution in [0.2, 0.25) is 0 Å². The lowest BCUT2D eigenvalue weighted by Gasteiger charge is -1.94. The van der Waals surface area contributed by atoms with Crippen LogP contribution in [0.5, 0.6) is 0 Å². The van der Waals surface area contributed by atoms with Crippen LogP contribution >= 0.6 is 0 Å². The Morgan fingerprint density at radius 3 is 2.40 bits per heavy atom. The van der Waals surface area contributed by atoms with Crippen molar-refractivity contribution < 1.29 is 13.0 Å². The molecule has 0 rings (SSSR count). The predicted molar refractivity (Wildman–Crippen MR) is 40.2 cm³/mol. The molecule has 0 aliphatic heterocycles. The summed E-state index contributed by atoms with van der Waals surface area (Å²) in [7, 11) is -3.74. The van der Waals surface area contributed by atoms with Crippen LogP contribution in [0.1, 0.15) is 26.2 Å². The van der Waals surface area contributed by atoms with Crippen molar-refractivity contribution in [2.75, 3.05) is 5.75 Å². The molecule has 0 bridgehead atoms. The molecule has 0 saturated heterocycles. The molecule has 0 aromatic heterocycles. The lowest BCUT2D eigenvalue weighted by atomic mass is 10.2. The average molecular weight is 165 g/mol. The first-order chi connectivity index (χ1) is 4.56. The highest BCUT2D eigenvalue weighted by atomic mass is 32.2. The minimum atomic E-state index is -3.74. The van der Waals surface area contributed by atoms with Gasteiger partial charge in [-0.1, -0.05) is 19.8 Å². The molecule has 10 heavy (non-hydrogen) atoms. The molecule has 61 valence electrons. The van der Waals surface area contributed by atoms with Gasteiger partial charge in [0.15, 0.2) is 0 Å². The lowest BCUT2D eigenvalue weighted by Crippen LogP contribution is -2.03. The van der Waals surface area contributed by atoms with E-state index in [0.717, 1.165) is 12.8 Å². The van der Waals surface area contributed by atoms with Gasteiger partial charge in [-0.2, -0.15) is 8.42 Å². The molecule has 0 aliphatic rings. The maximum Gasteiger partial charge on any atom is 0.264 e. The Balaban J connectivity index is 3.21. The third-order valence-electron chi connectivity index (χ3n) is 1.07. The quantitative estimate of drug-likeness (QED) is 0.493. The van der Waals surface area contributed by atoms with Crippen molar-refractivity contribution in [3.63, 3.8) is 0 Å². The van der Waals surface area contributed by atoms with Crippen molar-refractivity contribution in [3.8, 4) is 0 Å². The van der Waals surface area contributed by atoms with Gasteiger partial charge in [0.2, 0.25) is 0 Å². The first kappa shape index (κ1) is 9.91. The summed E-state index contributed by atoms with van der Waals surface area (Å²) >= 11 is 0. The summed E-state index contributed by atoms with van der Waals surface area (Å²) in [6, 6.07) is 0. The van der Waals surface area contributed by atoms with E-state index in [2.05, 4.69) is 0 Å². The standard InChI is InChI=1S/C6H13O3S/c1-2-3-4-5-6-10(7,8)9/h4H,2-3,5-6H2,1H3,(H,7,8,9). The van der Waals surface area contributed by atoms with E-state index in [9.17, 15) is 8.42 Å². The van der Waals surface area contributed by atoms with E-state index in [1.54, 1.807) is 0 Å². The topological polar surface area (TPSA) is 54.4 Å². The second-order valence-electron chi connectivity index (χ2n) is 2.15. The Bertz CT molecular complexity index is 160. The van der Waals surface area contributed by atoms with Crippen LogP contribution in [0.25, 0.3) is 0 Å². The van der Waals surface area contributed by atoms with Gasteiger partial charge in [0.25, 0.3) is 10.1 Å². The van der Waals surface area contributed by atoms with Crippen molar-refractivity contribution in [1.29, 1.82) is 0 Å². The normalized spacial score (nSPS) is 11.8. The highest BCUT2D eigenvalue weighted by molar-refractivity contribution is 7.85. The van der Waals surface area contributed by atoms with Gasteiger partial charge < -0.3 is 0 Å². The van der Waals surface area contributed by atoms with E-state index in [4.69, 9.17) is 4.55 Å². The van der Waals surface area contributed by atoms with Crippen molar-refractivity contribution in [3.05, 3.63) is 6.42 Å². The van der Waals surface area contributed by atoms with E-state index in [1.807, 2.05) is 13.3 Å². The first-order valence-corrected chi connectivity index (χ1v) is 4.94. The summed E-state index contributed by atoms with van der Waals surface area (Å²) in [5.41, 5.74) is 0. The summed E-state index contributed by atoms with van der Waals surface area (Å²) in [5.74, 6) is -0.146. The fraction of sp³-hybridized carbons (Fsp3) is 0.833. The van der Waals surface area contributed by atoms with E-state index in [-0.39, 0.29) is 5.75 Å². The van der Waals surface area contributed by atoms with Crippen LogP contribution in [0.4, 0.5) is 0 Å². The SMILES string of the molecule is CCC[CH]CCS(=O)(=O)O. The van der Waals surface area contributed by atoms with Crippen molar-refractivity contribution in [2.45, 2.75) is 26.2 Å². The molecule has 0 saturated carbocycles. The summed E-state index contributed by atoms with van der Waals surface area (Å²) in [6.07, 6.45) is 4.25. The van der Waals surface area contributed by atoms with Gasteiger partial charge in [-0.15, -0.1) is 0 Å². The molecule has 0 aromatic carbocycles. The van der Waals surface area contributed by atoms with E-state index in [0.29, 0.717) is 6.42 Å². The Kier molecular flexibility index (Phi) is 4.64. The minimum absolute atomic E-state index is 0.146. The highest BCUT2D eigenvalue weighted by Gasteiger charge is 2.01. The van der Waals surface area contributed by atoms with Crippen LogP contribution in [0.15, 0.2) is 0 Å². The zero-order chi connectivity index (χ0) is 8.04. The van der Waals surface area contributed by atoms with E-state index >= 15 is 0 Å². The second kappa shape index (κ2) is 4.68. The lowest BCUT2D eigenvalue weighted by molar-refractivity contribution is 0.482. The number of rotatable bonds is 5. The van der Waals surface area contributed by atoms with Crippen LogP contribution in [-0.2, 0) is 10.1 Å². The molecule has 4 heteroatoms. The Morgan fingerprint density at radius 2 is 2.00 bits per heavy atom. The van der Waals surface area contributed by atoms with Gasteiger partial charge >= 0.3 is 0 Å². The molecule has 0 amide bonds. The monoisotopic (exact) mass is 165 g/mol. The molecule has 0 aliphatic carbocycles. The molecule has 0 atom stereocenters. The predicted octanol–water partition coefficient (Wildman–Crippen LogP) is 1.27. The van der Waals surface area contributed by atoms with E-state index < -0.39 is 10.1 Å². The van der Waals surface area contributed by atoms with Gasteiger partial charge in [-0.05, 0) is 12.8 Å². The summed E-state index contributed by atoms with van der Waals surface area (Å²) in [5, 5.41) is 0. The summed E-state index contributed by atoms with van der Waals surface area (Å²) in [6.45, 7) is 2.02. The minimum Gasteiger partial charge on any atom is -0.286 e. The molecule has 0 fully saturated rings. The van der Waals surface area contributed by atoms with Crippen LogP contribution < -0.4 is 0 Å². The van der Waals surface area contributed by atoms with Gasteiger partial charge in [0, 0.05) is 0 Å². The number of unbranched alkanes of at least 4 members (excludes halogenated alkanes) is 3. The van der Waals surface area contributed by atoms with Crippen molar-refractivity contribution in [2.24, 2.45) is 0 Å². The zero-order valence-corrected chi connectivity index (χ0v) is 6.89. The highest BCUT2D eigenvalue weighted by Crippen LogP contribution is 1.98. The third-order valence-corrected chi connectivity index (χ3v) is 1.82. The maximum atomic E-state index is 10.1. The molecular formula is C6H13O3S. The van der Waals surface area contributed by atoms with Crippen LogP contribution in [0, 0.1) is 6.42 Å². The van der Waals surface area contributed by atoms with E-state index in [1.165, 1.54) is 0 Å². The average Bonchev–Trinajstić information content (AvgIpc) is 1.78. The van der Waals surface area contributed by atoms with Gasteiger partial charge in [-0.25, -0.2) is 0 Å². The number of hydrogen-bond acceptors (Lipinski definition) is 2. The molecule has 0 heterocycles. The molecular weight excluding hydrogens is 152 g/mol. The van der Waals surface area contributed by atoms with Crippen molar-refractivity contribution in [1.82, 2.24) is 0 Å².